The zero-order chi connectivity index (χ0) is 28.1. The summed E-state index contributed by atoms with van der Waals surface area (Å²) in [5.74, 6) is -1.20. The molecule has 210 valence electrons. The van der Waals surface area contributed by atoms with Gasteiger partial charge < -0.3 is 10.2 Å². The Morgan fingerprint density at radius 2 is 1.73 bits per heavy atom. The van der Waals surface area contributed by atoms with Crippen molar-refractivity contribution in [1.29, 1.82) is 0 Å². The molecule has 0 saturated heterocycles. The molecule has 40 heavy (non-hydrogen) atoms. The minimum absolute atomic E-state index is 0.00228. The van der Waals surface area contributed by atoms with Crippen LogP contribution in [0.2, 0.25) is 0 Å². The summed E-state index contributed by atoms with van der Waals surface area (Å²) in [5, 5.41) is 6.95. The SMILES string of the molecule is CCCN(CC)C1CCc2ccc(Nc3nc(C(F)(F)F)nn3-c3cncc(Cc4ccccc4)c3)cc2CC1. The maximum atomic E-state index is 13.7. The number of hydrogen-bond donors (Lipinski definition) is 1. The number of benzene rings is 2. The molecule has 1 atom stereocenters. The van der Waals surface area contributed by atoms with Gasteiger partial charge in [0.25, 0.3) is 5.82 Å². The lowest BCUT2D eigenvalue weighted by atomic mass is 10.0. The molecule has 1 aliphatic rings. The van der Waals surface area contributed by atoms with Crippen LogP contribution < -0.4 is 5.32 Å². The first kappa shape index (κ1) is 27.8. The van der Waals surface area contributed by atoms with Gasteiger partial charge in [0, 0.05) is 17.9 Å². The third-order valence-corrected chi connectivity index (χ3v) is 7.53. The minimum atomic E-state index is -4.68. The number of hydrogen-bond acceptors (Lipinski definition) is 5. The number of pyridine rings is 1. The van der Waals surface area contributed by atoms with Gasteiger partial charge in [-0.25, -0.2) is 0 Å². The molecule has 0 radical (unpaired) electrons. The molecule has 1 aliphatic carbocycles. The minimum Gasteiger partial charge on any atom is -0.324 e. The molecule has 1 N–H and O–H groups in total. The predicted molar refractivity (Wildman–Crippen MR) is 151 cm³/mol. The van der Waals surface area contributed by atoms with Gasteiger partial charge in [-0.1, -0.05) is 50.2 Å². The third kappa shape index (κ3) is 6.53. The fourth-order valence-corrected chi connectivity index (χ4v) is 5.56. The summed E-state index contributed by atoms with van der Waals surface area (Å²) in [6.45, 7) is 6.57. The number of aryl methyl sites for hydroxylation is 2. The van der Waals surface area contributed by atoms with Crippen LogP contribution in [0.1, 0.15) is 61.2 Å². The summed E-state index contributed by atoms with van der Waals surface area (Å²) in [6.07, 6.45) is 4.38. The van der Waals surface area contributed by atoms with E-state index in [2.05, 4.69) is 45.2 Å². The monoisotopic (exact) mass is 548 g/mol. The molecule has 2 aromatic carbocycles. The summed E-state index contributed by atoms with van der Waals surface area (Å²) in [7, 11) is 0. The highest BCUT2D eigenvalue weighted by Gasteiger charge is 2.37. The number of fused-ring (bicyclic) bond motifs is 1. The molecule has 0 fully saturated rings. The van der Waals surface area contributed by atoms with Gasteiger partial charge in [0.1, 0.15) is 0 Å². The zero-order valence-electron chi connectivity index (χ0n) is 23.0. The van der Waals surface area contributed by atoms with Gasteiger partial charge in [-0.05, 0) is 92.1 Å². The molecule has 6 nitrogen and oxygen atoms in total. The normalized spacial score (nSPS) is 15.6. The van der Waals surface area contributed by atoms with Gasteiger partial charge in [0.2, 0.25) is 5.95 Å². The highest BCUT2D eigenvalue weighted by atomic mass is 19.4. The van der Waals surface area contributed by atoms with Crippen molar-refractivity contribution in [3.05, 3.63) is 95.1 Å². The second kappa shape index (κ2) is 12.2. The Balaban J connectivity index is 1.41. The van der Waals surface area contributed by atoms with Crippen molar-refractivity contribution in [3.8, 4) is 5.69 Å². The van der Waals surface area contributed by atoms with Crippen LogP contribution in [0.4, 0.5) is 24.8 Å². The maximum Gasteiger partial charge on any atom is 0.453 e. The largest absolute Gasteiger partial charge is 0.453 e. The Hall–Kier alpha value is -3.72. The molecule has 0 spiro atoms. The van der Waals surface area contributed by atoms with Crippen LogP contribution in [0.3, 0.4) is 0 Å². The van der Waals surface area contributed by atoms with Crippen LogP contribution in [0.15, 0.2) is 67.0 Å². The number of aromatic nitrogens is 4. The van der Waals surface area contributed by atoms with Crippen molar-refractivity contribution < 1.29 is 13.2 Å². The fraction of sp³-hybridized carbons (Fsp3) is 0.387. The van der Waals surface area contributed by atoms with Crippen molar-refractivity contribution in [2.75, 3.05) is 18.4 Å². The quantitative estimate of drug-likeness (QED) is 0.228. The number of halogens is 3. The van der Waals surface area contributed by atoms with Crippen molar-refractivity contribution in [2.24, 2.45) is 0 Å². The number of nitrogens with zero attached hydrogens (tertiary/aromatic N) is 5. The van der Waals surface area contributed by atoms with Gasteiger partial charge in [0.15, 0.2) is 0 Å². The second-order valence-electron chi connectivity index (χ2n) is 10.4. The first-order valence-corrected chi connectivity index (χ1v) is 14.0. The lowest BCUT2D eigenvalue weighted by molar-refractivity contribution is -0.144. The molecule has 0 bridgehead atoms. The third-order valence-electron chi connectivity index (χ3n) is 7.53. The van der Waals surface area contributed by atoms with Gasteiger partial charge in [-0.15, -0.1) is 5.10 Å². The second-order valence-corrected chi connectivity index (χ2v) is 10.4. The Morgan fingerprint density at radius 3 is 2.45 bits per heavy atom. The first-order valence-electron chi connectivity index (χ1n) is 14.0. The molecule has 4 aromatic rings. The maximum absolute atomic E-state index is 13.7. The molecule has 2 aromatic heterocycles. The van der Waals surface area contributed by atoms with E-state index >= 15 is 0 Å². The Bertz CT molecular complexity index is 1420. The topological polar surface area (TPSA) is 58.9 Å². The van der Waals surface area contributed by atoms with Crippen molar-refractivity contribution in [3.63, 3.8) is 0 Å². The fourth-order valence-electron chi connectivity index (χ4n) is 5.56. The summed E-state index contributed by atoms with van der Waals surface area (Å²) in [6, 6.07) is 18.2. The van der Waals surface area contributed by atoms with E-state index < -0.39 is 12.0 Å². The van der Waals surface area contributed by atoms with Gasteiger partial charge in [-0.3, -0.25) is 4.98 Å². The van der Waals surface area contributed by atoms with Gasteiger partial charge >= 0.3 is 6.18 Å². The standard InChI is InChI=1S/C31H35F3N6/c1-3-16-39(4-2)27-14-11-24-10-13-26(19-25(24)12-15-27)36-30-37-29(31(32,33)34)38-40(30)28-18-23(20-35-21-28)17-22-8-6-5-7-9-22/h5-10,13,18-21,27H,3-4,11-12,14-17H2,1-2H3,(H,36,37,38). The van der Waals surface area contributed by atoms with Crippen molar-refractivity contribution in [1.82, 2.24) is 24.6 Å². The summed E-state index contributed by atoms with van der Waals surface area (Å²) in [4.78, 5) is 10.7. The van der Waals surface area contributed by atoms with Crippen LogP contribution in [-0.2, 0) is 25.4 Å². The van der Waals surface area contributed by atoms with Crippen LogP contribution in [-0.4, -0.2) is 43.8 Å². The zero-order valence-corrected chi connectivity index (χ0v) is 23.0. The Kier molecular flexibility index (Phi) is 8.49. The van der Waals surface area contributed by atoms with E-state index in [0.29, 0.717) is 23.8 Å². The Morgan fingerprint density at radius 1 is 0.950 bits per heavy atom. The molecule has 5 rings (SSSR count). The predicted octanol–water partition coefficient (Wildman–Crippen LogP) is 6.99. The van der Waals surface area contributed by atoms with E-state index in [4.69, 9.17) is 0 Å². The van der Waals surface area contributed by atoms with Crippen LogP contribution in [0.5, 0.6) is 0 Å². The van der Waals surface area contributed by atoms with Gasteiger partial charge in [0.05, 0.1) is 11.9 Å². The average molecular weight is 549 g/mol. The van der Waals surface area contributed by atoms with E-state index in [9.17, 15) is 13.2 Å². The van der Waals surface area contributed by atoms with Crippen LogP contribution in [0, 0.1) is 0 Å². The molecule has 2 heterocycles. The summed E-state index contributed by atoms with van der Waals surface area (Å²) < 4.78 is 42.2. The van der Waals surface area contributed by atoms with E-state index in [1.807, 2.05) is 42.5 Å². The lowest BCUT2D eigenvalue weighted by Gasteiger charge is -2.29. The smallest absolute Gasteiger partial charge is 0.324 e. The Labute approximate surface area is 233 Å². The average Bonchev–Trinajstić information content (AvgIpc) is 3.27. The number of alkyl halides is 3. The van der Waals surface area contributed by atoms with E-state index in [-0.39, 0.29) is 5.95 Å². The van der Waals surface area contributed by atoms with E-state index in [1.54, 1.807) is 12.3 Å². The molecule has 0 amide bonds. The molecular formula is C31H35F3N6. The molecule has 0 aliphatic heterocycles. The molecular weight excluding hydrogens is 513 g/mol. The molecule has 1 unspecified atom stereocenters. The summed E-state index contributed by atoms with van der Waals surface area (Å²) >= 11 is 0. The highest BCUT2D eigenvalue weighted by Crippen LogP contribution is 2.31. The number of nitrogens with one attached hydrogen (secondary N) is 1. The van der Waals surface area contributed by atoms with Crippen LogP contribution in [0.25, 0.3) is 5.69 Å². The first-order chi connectivity index (χ1) is 19.3. The van der Waals surface area contributed by atoms with E-state index in [0.717, 1.165) is 56.3 Å². The number of anilines is 2. The molecule has 9 heteroatoms. The van der Waals surface area contributed by atoms with E-state index in [1.165, 1.54) is 22.0 Å². The van der Waals surface area contributed by atoms with Gasteiger partial charge in [-0.2, -0.15) is 22.8 Å². The number of rotatable bonds is 9. The lowest BCUT2D eigenvalue weighted by Crippen LogP contribution is -2.36. The van der Waals surface area contributed by atoms with Crippen LogP contribution >= 0.6 is 0 Å². The van der Waals surface area contributed by atoms with Crippen molar-refractivity contribution in [2.45, 2.75) is 64.6 Å². The highest BCUT2D eigenvalue weighted by molar-refractivity contribution is 5.58. The van der Waals surface area contributed by atoms with Crippen molar-refractivity contribution >= 4 is 11.6 Å². The summed E-state index contributed by atoms with van der Waals surface area (Å²) in [5.41, 5.74) is 5.58. The molecule has 0 saturated carbocycles.